The van der Waals surface area contributed by atoms with Crippen LogP contribution in [0.2, 0.25) is 0 Å². The van der Waals surface area contributed by atoms with Crippen molar-refractivity contribution in [1.29, 1.82) is 0 Å². The lowest BCUT2D eigenvalue weighted by atomic mass is 9.44. The molecule has 2 aliphatic heterocycles. The fourth-order valence-corrected chi connectivity index (χ4v) is 7.61. The van der Waals surface area contributed by atoms with Crippen molar-refractivity contribution in [1.82, 2.24) is 4.90 Å². The van der Waals surface area contributed by atoms with Crippen LogP contribution >= 0.6 is 0 Å². The molecule has 1 N–H and O–H groups in total. The summed E-state index contributed by atoms with van der Waals surface area (Å²) in [6.45, 7) is 3.74. The number of rotatable bonds is 6. The summed E-state index contributed by atoms with van der Waals surface area (Å²) in [5.41, 5.74) is 1.15. The van der Waals surface area contributed by atoms with Crippen molar-refractivity contribution in [2.75, 3.05) is 20.2 Å². The Morgan fingerprint density at radius 2 is 2.00 bits per heavy atom. The molecule has 6 rings (SSSR count). The number of aromatic hydroxyl groups is 1. The van der Waals surface area contributed by atoms with Gasteiger partial charge in [-0.2, -0.15) is 0 Å². The van der Waals surface area contributed by atoms with Gasteiger partial charge < -0.3 is 19.5 Å². The van der Waals surface area contributed by atoms with Gasteiger partial charge in [0.05, 0.1) is 11.0 Å². The molecule has 0 radical (unpaired) electrons. The molecular weight excluding hydrogens is 414 g/mol. The third kappa shape index (κ3) is 2.53. The van der Waals surface area contributed by atoms with Gasteiger partial charge >= 0.3 is 0 Å². The maximum Gasteiger partial charge on any atom is 0.183 e. The van der Waals surface area contributed by atoms with Crippen molar-refractivity contribution in [2.24, 2.45) is 0 Å². The van der Waals surface area contributed by atoms with Gasteiger partial charge in [0.25, 0.3) is 0 Å². The lowest BCUT2D eigenvalue weighted by Gasteiger charge is -2.67. The monoisotopic (exact) mass is 447 g/mol. The zero-order valence-corrected chi connectivity index (χ0v) is 19.6. The maximum atomic E-state index is 14.0. The predicted molar refractivity (Wildman–Crippen MR) is 126 cm³/mol. The first-order valence-corrected chi connectivity index (χ1v) is 12.4. The molecule has 5 heteroatoms. The van der Waals surface area contributed by atoms with Crippen LogP contribution in [0.4, 0.5) is 0 Å². The topological polar surface area (TPSA) is 59.0 Å². The molecule has 2 bridgehead atoms. The van der Waals surface area contributed by atoms with E-state index in [0.717, 1.165) is 43.4 Å². The van der Waals surface area contributed by atoms with E-state index in [1.54, 1.807) is 6.07 Å². The zero-order valence-electron chi connectivity index (χ0n) is 19.6. The van der Waals surface area contributed by atoms with Crippen molar-refractivity contribution in [3.63, 3.8) is 0 Å². The van der Waals surface area contributed by atoms with E-state index in [1.807, 2.05) is 24.3 Å². The number of hydrogen-bond acceptors (Lipinski definition) is 5. The maximum absolute atomic E-state index is 14.0. The molecule has 2 aliphatic carbocycles. The number of ether oxygens (including phenoxy) is 2. The van der Waals surface area contributed by atoms with E-state index in [0.29, 0.717) is 31.6 Å². The molecule has 1 spiro atoms. The van der Waals surface area contributed by atoms with Crippen molar-refractivity contribution in [2.45, 2.75) is 74.5 Å². The Morgan fingerprint density at radius 1 is 1.18 bits per heavy atom. The number of phenolic OH excluding ortho intramolecular Hbond substituents is 1. The summed E-state index contributed by atoms with van der Waals surface area (Å²) in [4.78, 5) is 16.5. The standard InChI is InChI=1S/C28H33NO4/c1-3-4-16-32-27-13-12-23(31)28(18-19-8-6-5-7-9-19)26(27)14-15-29(2)22(27)17-20-10-11-21(30)25(33-28)24(20)26/h5-11,22,30H,3-4,12-18H2,1-2H3/t22-,26-,27-,28+/m1/s1. The smallest absolute Gasteiger partial charge is 0.183 e. The Balaban J connectivity index is 1.63. The molecule has 33 heavy (non-hydrogen) atoms. The molecule has 4 aliphatic rings. The molecule has 174 valence electrons. The SMILES string of the molecule is CCCCO[C@@]12CCC(=O)[C@]3(Cc4ccccc4)Oc4c(O)ccc5c4[C@@]31CCN(C)[C@@H]2C5. The Morgan fingerprint density at radius 3 is 2.79 bits per heavy atom. The fraction of sp³-hybridized carbons (Fsp3) is 0.536. The van der Waals surface area contributed by atoms with Gasteiger partial charge in [-0.3, -0.25) is 4.79 Å². The van der Waals surface area contributed by atoms with Crippen LogP contribution in [0.3, 0.4) is 0 Å². The minimum Gasteiger partial charge on any atom is -0.504 e. The second-order valence-corrected chi connectivity index (χ2v) is 10.4. The van der Waals surface area contributed by atoms with E-state index in [4.69, 9.17) is 9.47 Å². The normalized spacial score (nSPS) is 34.1. The first-order chi connectivity index (χ1) is 16.0. The Labute approximate surface area is 195 Å². The van der Waals surface area contributed by atoms with Gasteiger partial charge in [-0.05, 0) is 56.5 Å². The van der Waals surface area contributed by atoms with E-state index in [9.17, 15) is 9.90 Å². The minimum absolute atomic E-state index is 0.137. The highest BCUT2D eigenvalue weighted by atomic mass is 16.5. The van der Waals surface area contributed by atoms with Gasteiger partial charge in [0.2, 0.25) is 0 Å². The number of likely N-dealkylation sites (N-methyl/N-ethyl adjacent to an activating group) is 1. The Hall–Kier alpha value is -2.37. The number of nitrogens with zero attached hydrogens (tertiary/aromatic N) is 1. The molecule has 1 saturated heterocycles. The van der Waals surface area contributed by atoms with E-state index in [-0.39, 0.29) is 17.6 Å². The number of piperidine rings is 1. The van der Waals surface area contributed by atoms with Crippen LogP contribution in [0.25, 0.3) is 0 Å². The average molecular weight is 448 g/mol. The highest BCUT2D eigenvalue weighted by molar-refractivity contribution is 5.94. The molecule has 1 saturated carbocycles. The number of hydrogen-bond donors (Lipinski definition) is 1. The molecule has 2 fully saturated rings. The van der Waals surface area contributed by atoms with E-state index in [1.165, 1.54) is 5.56 Å². The van der Waals surface area contributed by atoms with Gasteiger partial charge in [0, 0.05) is 31.1 Å². The van der Waals surface area contributed by atoms with E-state index >= 15 is 0 Å². The number of carbonyl (C=O) groups excluding carboxylic acids is 1. The highest BCUT2D eigenvalue weighted by Gasteiger charge is 2.79. The van der Waals surface area contributed by atoms with Crippen molar-refractivity contribution in [3.05, 3.63) is 59.2 Å². The lowest BCUT2D eigenvalue weighted by molar-refractivity contribution is -0.231. The number of Topliss-reactive ketones (excluding diaryl/α,β-unsaturated/α-hetero) is 1. The van der Waals surface area contributed by atoms with Crippen LogP contribution in [-0.2, 0) is 27.8 Å². The second kappa shape index (κ2) is 7.31. The van der Waals surface area contributed by atoms with Gasteiger partial charge in [0.15, 0.2) is 22.9 Å². The molecule has 0 aromatic heterocycles. The van der Waals surface area contributed by atoms with Gasteiger partial charge in [-0.25, -0.2) is 0 Å². The Bertz CT molecular complexity index is 1100. The second-order valence-electron chi connectivity index (χ2n) is 10.4. The third-order valence-corrected chi connectivity index (χ3v) is 8.99. The Kier molecular flexibility index (Phi) is 4.69. The van der Waals surface area contributed by atoms with Gasteiger partial charge in [-0.15, -0.1) is 0 Å². The molecule has 0 unspecified atom stereocenters. The number of benzene rings is 2. The van der Waals surface area contributed by atoms with E-state index in [2.05, 4.69) is 31.0 Å². The van der Waals surface area contributed by atoms with Crippen LogP contribution in [0.5, 0.6) is 11.5 Å². The van der Waals surface area contributed by atoms with E-state index < -0.39 is 16.6 Å². The third-order valence-electron chi connectivity index (χ3n) is 8.99. The van der Waals surface area contributed by atoms with Crippen LogP contribution in [0.15, 0.2) is 42.5 Å². The molecule has 2 aromatic carbocycles. The molecule has 2 aromatic rings. The average Bonchev–Trinajstić information content (AvgIpc) is 3.12. The fourth-order valence-electron chi connectivity index (χ4n) is 7.61. The summed E-state index contributed by atoms with van der Waals surface area (Å²) >= 11 is 0. The number of unbranched alkanes of at least 4 members (excludes halogenated alkanes) is 1. The van der Waals surface area contributed by atoms with Crippen LogP contribution < -0.4 is 4.74 Å². The first-order valence-electron chi connectivity index (χ1n) is 12.4. The van der Waals surface area contributed by atoms with Crippen LogP contribution in [-0.4, -0.2) is 53.2 Å². The molecule has 2 heterocycles. The van der Waals surface area contributed by atoms with Crippen molar-refractivity contribution in [3.8, 4) is 11.5 Å². The summed E-state index contributed by atoms with van der Waals surface area (Å²) in [6, 6.07) is 14.2. The number of carbonyl (C=O) groups is 1. The lowest BCUT2D eigenvalue weighted by Crippen LogP contribution is -2.81. The summed E-state index contributed by atoms with van der Waals surface area (Å²) in [6.07, 6.45) is 5.34. The molecule has 0 amide bonds. The van der Waals surface area contributed by atoms with Crippen LogP contribution in [0.1, 0.15) is 55.7 Å². The van der Waals surface area contributed by atoms with Gasteiger partial charge in [-0.1, -0.05) is 49.7 Å². The quantitative estimate of drug-likeness (QED) is 0.673. The summed E-state index contributed by atoms with van der Waals surface area (Å²) in [7, 11) is 2.19. The zero-order chi connectivity index (χ0) is 22.8. The molecular formula is C28H33NO4. The summed E-state index contributed by atoms with van der Waals surface area (Å²) in [5.74, 6) is 0.801. The summed E-state index contributed by atoms with van der Waals surface area (Å²) in [5, 5.41) is 10.9. The predicted octanol–water partition coefficient (Wildman–Crippen LogP) is 4.18. The summed E-state index contributed by atoms with van der Waals surface area (Å²) < 4.78 is 13.8. The molecule has 5 nitrogen and oxygen atoms in total. The molecule has 4 atom stereocenters. The largest absolute Gasteiger partial charge is 0.504 e. The number of ketones is 1. The first kappa shape index (κ1) is 21.2. The number of likely N-dealkylation sites (tertiary alicyclic amines) is 1. The van der Waals surface area contributed by atoms with Crippen LogP contribution in [0, 0.1) is 0 Å². The van der Waals surface area contributed by atoms with Crippen molar-refractivity contribution < 1.29 is 19.4 Å². The van der Waals surface area contributed by atoms with Gasteiger partial charge in [0.1, 0.15) is 0 Å². The minimum atomic E-state index is -1.06. The number of phenols is 1. The van der Waals surface area contributed by atoms with Crippen molar-refractivity contribution >= 4 is 5.78 Å². The highest BCUT2D eigenvalue weighted by Crippen LogP contribution is 2.70.